The highest BCUT2D eigenvalue weighted by Gasteiger charge is 2.21. The van der Waals surface area contributed by atoms with E-state index < -0.39 is 21.1 Å². The molecule has 7 heteroatoms. The Morgan fingerprint density at radius 3 is 2.72 bits per heavy atom. The van der Waals surface area contributed by atoms with Gasteiger partial charge in [-0.15, -0.1) is 0 Å². The zero-order valence-corrected chi connectivity index (χ0v) is 11.8. The van der Waals surface area contributed by atoms with E-state index in [4.69, 9.17) is 11.6 Å². The van der Waals surface area contributed by atoms with Gasteiger partial charge in [0.05, 0.1) is 10.9 Å². The second-order valence-electron chi connectivity index (χ2n) is 3.89. The lowest BCUT2D eigenvalue weighted by atomic mass is 10.3. The predicted molar refractivity (Wildman–Crippen MR) is 72.0 cm³/mol. The van der Waals surface area contributed by atoms with E-state index in [9.17, 15) is 12.8 Å². The minimum atomic E-state index is -3.64. The molecule has 0 aliphatic carbocycles. The first kappa shape index (κ1) is 15.2. The Morgan fingerprint density at radius 1 is 1.44 bits per heavy atom. The third kappa shape index (κ3) is 4.12. The first-order valence-electron chi connectivity index (χ1n) is 5.54. The highest BCUT2D eigenvalue weighted by Crippen LogP contribution is 2.21. The van der Waals surface area contributed by atoms with Gasteiger partial charge in [0.1, 0.15) is 5.82 Å². The molecule has 18 heavy (non-hydrogen) atoms. The Kier molecular flexibility index (Phi) is 5.37. The summed E-state index contributed by atoms with van der Waals surface area (Å²) in [6.07, 6.45) is 0. The number of sulfonamides is 1. The van der Waals surface area contributed by atoms with Crippen LogP contribution in [0.3, 0.4) is 0 Å². The number of hydrogen-bond acceptors (Lipinski definition) is 3. The lowest BCUT2D eigenvalue weighted by molar-refractivity contribution is 0.578. The highest BCUT2D eigenvalue weighted by atomic mass is 35.5. The van der Waals surface area contributed by atoms with Gasteiger partial charge in [0.25, 0.3) is 0 Å². The van der Waals surface area contributed by atoms with Gasteiger partial charge < -0.3 is 5.32 Å². The van der Waals surface area contributed by atoms with Gasteiger partial charge in [0.2, 0.25) is 10.0 Å². The molecule has 1 rings (SSSR count). The SMILES string of the molecule is CCNCC(C)S(=O)(=O)Nc1cc(Cl)ccc1F. The topological polar surface area (TPSA) is 58.2 Å². The van der Waals surface area contributed by atoms with E-state index in [-0.39, 0.29) is 10.7 Å². The van der Waals surface area contributed by atoms with Crippen LogP contribution in [-0.4, -0.2) is 26.8 Å². The maximum atomic E-state index is 13.4. The number of halogens is 2. The number of benzene rings is 1. The fraction of sp³-hybridized carbons (Fsp3) is 0.455. The molecule has 0 heterocycles. The summed E-state index contributed by atoms with van der Waals surface area (Å²) >= 11 is 5.70. The minimum absolute atomic E-state index is 0.133. The first-order chi connectivity index (χ1) is 8.36. The monoisotopic (exact) mass is 294 g/mol. The average molecular weight is 295 g/mol. The van der Waals surface area contributed by atoms with Crippen LogP contribution in [0, 0.1) is 5.82 Å². The van der Waals surface area contributed by atoms with Gasteiger partial charge in [-0.2, -0.15) is 0 Å². The molecule has 4 nitrogen and oxygen atoms in total. The number of nitrogens with one attached hydrogen (secondary N) is 2. The molecule has 1 atom stereocenters. The van der Waals surface area contributed by atoms with Crippen molar-refractivity contribution in [2.75, 3.05) is 17.8 Å². The van der Waals surface area contributed by atoms with Gasteiger partial charge in [-0.3, -0.25) is 4.72 Å². The van der Waals surface area contributed by atoms with Crippen molar-refractivity contribution in [3.8, 4) is 0 Å². The summed E-state index contributed by atoms with van der Waals surface area (Å²) in [7, 11) is -3.64. The van der Waals surface area contributed by atoms with Crippen molar-refractivity contribution in [2.24, 2.45) is 0 Å². The molecule has 1 aromatic carbocycles. The fourth-order valence-corrected chi connectivity index (χ4v) is 2.46. The van der Waals surface area contributed by atoms with Gasteiger partial charge in [-0.05, 0) is 31.7 Å². The van der Waals surface area contributed by atoms with Crippen LogP contribution < -0.4 is 10.0 Å². The summed E-state index contributed by atoms with van der Waals surface area (Å²) in [4.78, 5) is 0. The van der Waals surface area contributed by atoms with Crippen LogP contribution in [-0.2, 0) is 10.0 Å². The fourth-order valence-electron chi connectivity index (χ4n) is 1.29. The summed E-state index contributed by atoms with van der Waals surface area (Å²) in [5.41, 5.74) is -0.133. The van der Waals surface area contributed by atoms with Crippen molar-refractivity contribution >= 4 is 27.3 Å². The lowest BCUT2D eigenvalue weighted by Gasteiger charge is -2.15. The van der Waals surface area contributed by atoms with Crippen LogP contribution in [0.25, 0.3) is 0 Å². The molecule has 0 aliphatic heterocycles. The smallest absolute Gasteiger partial charge is 0.236 e. The van der Waals surface area contributed by atoms with Gasteiger partial charge >= 0.3 is 0 Å². The molecule has 0 saturated heterocycles. The summed E-state index contributed by atoms with van der Waals surface area (Å²) < 4.78 is 39.4. The summed E-state index contributed by atoms with van der Waals surface area (Å²) in [5, 5.41) is 2.53. The minimum Gasteiger partial charge on any atom is -0.316 e. The molecule has 2 N–H and O–H groups in total. The largest absolute Gasteiger partial charge is 0.316 e. The second-order valence-corrected chi connectivity index (χ2v) is 6.42. The zero-order valence-electron chi connectivity index (χ0n) is 10.2. The molecule has 0 radical (unpaired) electrons. The average Bonchev–Trinajstić information content (AvgIpc) is 2.30. The van der Waals surface area contributed by atoms with Crippen LogP contribution in [0.1, 0.15) is 13.8 Å². The molecule has 0 aliphatic rings. The molecule has 0 aromatic heterocycles. The summed E-state index contributed by atoms with van der Waals surface area (Å²) in [6, 6.07) is 3.72. The zero-order chi connectivity index (χ0) is 13.8. The van der Waals surface area contributed by atoms with Gasteiger partial charge in [0.15, 0.2) is 0 Å². The molecule has 1 unspecified atom stereocenters. The molecule has 1 aromatic rings. The quantitative estimate of drug-likeness (QED) is 0.846. The Morgan fingerprint density at radius 2 is 2.11 bits per heavy atom. The molecule has 0 amide bonds. The molecule has 0 bridgehead atoms. The van der Waals surface area contributed by atoms with E-state index >= 15 is 0 Å². The molecule has 0 spiro atoms. The molecule has 102 valence electrons. The summed E-state index contributed by atoms with van der Waals surface area (Å²) in [6.45, 7) is 4.40. The van der Waals surface area contributed by atoms with E-state index in [0.717, 1.165) is 6.07 Å². The van der Waals surface area contributed by atoms with Crippen LogP contribution in [0.4, 0.5) is 10.1 Å². The van der Waals surface area contributed by atoms with Crippen molar-refractivity contribution in [3.63, 3.8) is 0 Å². The Labute approximate surface area is 112 Å². The molecular formula is C11H16ClFN2O2S. The standard InChI is InChI=1S/C11H16ClFN2O2S/c1-3-14-7-8(2)18(16,17)15-11-6-9(12)4-5-10(11)13/h4-6,8,14-15H,3,7H2,1-2H3. The Hall–Kier alpha value is -0.850. The molecule has 0 saturated carbocycles. The summed E-state index contributed by atoms with van der Waals surface area (Å²) in [5.74, 6) is -0.654. The van der Waals surface area contributed by atoms with Crippen LogP contribution in [0.15, 0.2) is 18.2 Å². The van der Waals surface area contributed by atoms with E-state index in [1.54, 1.807) is 6.92 Å². The van der Waals surface area contributed by atoms with E-state index in [1.165, 1.54) is 12.1 Å². The van der Waals surface area contributed by atoms with Crippen molar-refractivity contribution in [1.82, 2.24) is 5.32 Å². The first-order valence-corrected chi connectivity index (χ1v) is 7.46. The highest BCUT2D eigenvalue weighted by molar-refractivity contribution is 7.93. The molecule has 0 fully saturated rings. The van der Waals surface area contributed by atoms with Crippen LogP contribution >= 0.6 is 11.6 Å². The Balaban J connectivity index is 2.85. The van der Waals surface area contributed by atoms with Gasteiger partial charge in [-0.1, -0.05) is 18.5 Å². The lowest BCUT2D eigenvalue weighted by Crippen LogP contribution is -2.34. The second kappa shape index (κ2) is 6.36. The van der Waals surface area contributed by atoms with Crippen molar-refractivity contribution in [1.29, 1.82) is 0 Å². The van der Waals surface area contributed by atoms with E-state index in [2.05, 4.69) is 10.0 Å². The normalized spacial score (nSPS) is 13.3. The van der Waals surface area contributed by atoms with Crippen LogP contribution in [0.5, 0.6) is 0 Å². The number of hydrogen-bond donors (Lipinski definition) is 2. The predicted octanol–water partition coefficient (Wildman–Crippen LogP) is 2.22. The third-order valence-corrected chi connectivity index (χ3v) is 4.36. The number of rotatable bonds is 6. The van der Waals surface area contributed by atoms with Crippen molar-refractivity contribution < 1.29 is 12.8 Å². The number of anilines is 1. The van der Waals surface area contributed by atoms with E-state index in [1.807, 2.05) is 6.92 Å². The maximum Gasteiger partial charge on any atom is 0.236 e. The van der Waals surface area contributed by atoms with Crippen molar-refractivity contribution in [3.05, 3.63) is 29.0 Å². The van der Waals surface area contributed by atoms with E-state index in [0.29, 0.717) is 13.1 Å². The Bertz CT molecular complexity index is 508. The maximum absolute atomic E-state index is 13.4. The molecular weight excluding hydrogens is 279 g/mol. The van der Waals surface area contributed by atoms with Crippen LogP contribution in [0.2, 0.25) is 5.02 Å². The third-order valence-electron chi connectivity index (χ3n) is 2.39. The van der Waals surface area contributed by atoms with Gasteiger partial charge in [-0.25, -0.2) is 12.8 Å². The van der Waals surface area contributed by atoms with Gasteiger partial charge in [0, 0.05) is 11.6 Å². The van der Waals surface area contributed by atoms with Crippen molar-refractivity contribution in [2.45, 2.75) is 19.1 Å².